The Labute approximate surface area is 219 Å². The van der Waals surface area contributed by atoms with E-state index in [-0.39, 0.29) is 37.2 Å². The Morgan fingerprint density at radius 1 is 1.08 bits per heavy atom. The summed E-state index contributed by atoms with van der Waals surface area (Å²) in [6.45, 7) is 4.73. The van der Waals surface area contributed by atoms with Crippen LogP contribution in [0.15, 0.2) is 74.8 Å². The summed E-state index contributed by atoms with van der Waals surface area (Å²) in [6, 6.07) is 14.3. The summed E-state index contributed by atoms with van der Waals surface area (Å²) in [6.07, 6.45) is 1.90. The van der Waals surface area contributed by atoms with Gasteiger partial charge in [-0.1, -0.05) is 23.8 Å². The van der Waals surface area contributed by atoms with Crippen LogP contribution in [0, 0.1) is 0 Å². The summed E-state index contributed by atoms with van der Waals surface area (Å²) in [7, 11) is 3.16. The van der Waals surface area contributed by atoms with Crippen LogP contribution >= 0.6 is 0 Å². The van der Waals surface area contributed by atoms with Crippen LogP contribution in [0.2, 0.25) is 0 Å². The van der Waals surface area contributed by atoms with Crippen LogP contribution in [0.1, 0.15) is 29.8 Å². The quantitative estimate of drug-likeness (QED) is 0.498. The minimum atomic E-state index is -1.21. The molecule has 1 amide bonds. The number of aromatic nitrogens is 3. The number of nitrogens with one attached hydrogen (secondary N) is 1. The van der Waals surface area contributed by atoms with Crippen molar-refractivity contribution in [3.8, 4) is 11.5 Å². The number of hydrogen-bond acceptors (Lipinski definition) is 7. The summed E-state index contributed by atoms with van der Waals surface area (Å²) >= 11 is 0. The molecule has 1 atom stereocenters. The van der Waals surface area contributed by atoms with Crippen molar-refractivity contribution in [2.75, 3.05) is 20.8 Å². The molecule has 5 rings (SSSR count). The number of guanidine groups is 1. The Balaban J connectivity index is 1.61. The van der Waals surface area contributed by atoms with Crippen LogP contribution in [0.5, 0.6) is 11.5 Å². The normalized spacial score (nSPS) is 18.2. The fraction of sp³-hybridized carbons (Fsp3) is 0.333. The first-order valence-electron chi connectivity index (χ1n) is 12.3. The number of ether oxygens (including phenoxy) is 2. The number of fused-ring (bicyclic) bond motifs is 2. The highest BCUT2D eigenvalue weighted by Gasteiger charge is 2.45. The molecule has 0 bridgehead atoms. The van der Waals surface area contributed by atoms with Gasteiger partial charge in [0.05, 0.1) is 27.3 Å². The number of allylic oxidation sites excluding steroid dienone is 1. The van der Waals surface area contributed by atoms with Crippen LogP contribution in [0.25, 0.3) is 0 Å². The molecule has 1 N–H and O–H groups in total. The zero-order chi connectivity index (χ0) is 27.0. The lowest BCUT2D eigenvalue weighted by Gasteiger charge is -2.31. The Hall–Kier alpha value is -4.54. The fourth-order valence-electron chi connectivity index (χ4n) is 5.07. The second kappa shape index (κ2) is 9.73. The van der Waals surface area contributed by atoms with Crippen molar-refractivity contribution >= 4 is 11.9 Å². The van der Waals surface area contributed by atoms with Crippen molar-refractivity contribution in [3.05, 3.63) is 92.3 Å². The highest BCUT2D eigenvalue weighted by atomic mass is 16.5. The van der Waals surface area contributed by atoms with Gasteiger partial charge in [0.2, 0.25) is 5.96 Å². The van der Waals surface area contributed by atoms with Crippen LogP contribution < -0.4 is 26.2 Å². The molecule has 3 aromatic rings. The topological polar surface area (TPSA) is 112 Å². The summed E-state index contributed by atoms with van der Waals surface area (Å²) in [5, 5.41) is 2.93. The van der Waals surface area contributed by atoms with E-state index in [1.807, 2.05) is 36.1 Å². The number of carbonyl (C=O) groups excluding carboxylic acids is 1. The number of hydrogen-bond donors (Lipinski definition) is 1. The average Bonchev–Trinajstić information content (AvgIpc) is 3.37. The van der Waals surface area contributed by atoms with E-state index in [0.717, 1.165) is 11.1 Å². The van der Waals surface area contributed by atoms with Crippen LogP contribution in [-0.2, 0) is 25.3 Å². The molecule has 38 heavy (non-hydrogen) atoms. The van der Waals surface area contributed by atoms with E-state index in [1.165, 1.54) is 13.9 Å². The van der Waals surface area contributed by atoms with Crippen molar-refractivity contribution < 1.29 is 14.3 Å². The second-order valence-electron chi connectivity index (χ2n) is 9.34. The van der Waals surface area contributed by atoms with Crippen LogP contribution in [0.3, 0.4) is 0 Å². The Bertz CT molecular complexity index is 1560. The fourth-order valence-corrected chi connectivity index (χ4v) is 5.07. The Kier molecular flexibility index (Phi) is 6.43. The molecular formula is C27H30N6O5. The Morgan fingerprint density at radius 2 is 1.84 bits per heavy atom. The van der Waals surface area contributed by atoms with Gasteiger partial charge < -0.3 is 14.4 Å². The maximum Gasteiger partial charge on any atom is 0.349 e. The highest BCUT2D eigenvalue weighted by molar-refractivity contribution is 6.06. The summed E-state index contributed by atoms with van der Waals surface area (Å²) in [5.74, 6) is 1.22. The summed E-state index contributed by atoms with van der Waals surface area (Å²) in [5.41, 5.74) is 0.158. The van der Waals surface area contributed by atoms with Gasteiger partial charge in [-0.2, -0.15) is 4.68 Å². The first-order valence-corrected chi connectivity index (χ1v) is 12.3. The predicted molar refractivity (Wildman–Crippen MR) is 142 cm³/mol. The van der Waals surface area contributed by atoms with Crippen molar-refractivity contribution in [3.63, 3.8) is 0 Å². The predicted octanol–water partition coefficient (Wildman–Crippen LogP) is 1.76. The van der Waals surface area contributed by atoms with Crippen LogP contribution in [0.4, 0.5) is 0 Å². The van der Waals surface area contributed by atoms with E-state index in [4.69, 9.17) is 14.5 Å². The van der Waals surface area contributed by atoms with Gasteiger partial charge in [0.25, 0.3) is 5.91 Å². The van der Waals surface area contributed by atoms with Gasteiger partial charge in [-0.3, -0.25) is 10.1 Å². The van der Waals surface area contributed by atoms with Gasteiger partial charge in [-0.05, 0) is 44.2 Å². The third-order valence-electron chi connectivity index (χ3n) is 6.80. The molecule has 3 heterocycles. The van der Waals surface area contributed by atoms with E-state index in [1.54, 1.807) is 51.5 Å². The molecular weight excluding hydrogens is 488 g/mol. The lowest BCUT2D eigenvalue weighted by molar-refractivity contribution is 0.0972. The molecule has 0 fully saturated rings. The van der Waals surface area contributed by atoms with E-state index < -0.39 is 11.4 Å². The van der Waals surface area contributed by atoms with Crippen molar-refractivity contribution in [2.45, 2.75) is 39.1 Å². The number of nitrogens with zero attached hydrogens (tertiary/aromatic N) is 5. The van der Waals surface area contributed by atoms with Crippen molar-refractivity contribution in [1.29, 1.82) is 0 Å². The van der Waals surface area contributed by atoms with Gasteiger partial charge in [0.15, 0.2) is 5.66 Å². The lowest BCUT2D eigenvalue weighted by Crippen LogP contribution is -2.48. The first-order chi connectivity index (χ1) is 18.3. The van der Waals surface area contributed by atoms with E-state index >= 15 is 0 Å². The third kappa shape index (κ3) is 4.19. The van der Waals surface area contributed by atoms with Crippen molar-refractivity contribution in [2.24, 2.45) is 4.99 Å². The number of methoxy groups -OCH3 is 2. The monoisotopic (exact) mass is 518 g/mol. The molecule has 11 heteroatoms. The minimum Gasteiger partial charge on any atom is -0.497 e. The summed E-state index contributed by atoms with van der Waals surface area (Å²) < 4.78 is 15.0. The van der Waals surface area contributed by atoms with Crippen molar-refractivity contribution in [1.82, 2.24) is 24.1 Å². The molecule has 0 radical (unpaired) electrons. The van der Waals surface area contributed by atoms with Gasteiger partial charge in [-0.25, -0.2) is 23.8 Å². The zero-order valence-corrected chi connectivity index (χ0v) is 21.8. The van der Waals surface area contributed by atoms with Gasteiger partial charge >= 0.3 is 11.4 Å². The van der Waals surface area contributed by atoms with Gasteiger partial charge in [-0.15, -0.1) is 0 Å². The zero-order valence-electron chi connectivity index (χ0n) is 21.8. The maximum absolute atomic E-state index is 13.4. The highest BCUT2D eigenvalue weighted by Crippen LogP contribution is 2.33. The van der Waals surface area contributed by atoms with Crippen LogP contribution in [-0.4, -0.2) is 51.5 Å². The number of carbonyl (C=O) groups is 1. The largest absolute Gasteiger partial charge is 0.497 e. The standard InChI is InChI=1S/C27H30N6O5/c1-5-31-25(35)32-15-18(2)14-27(33(32)26(31)36)17-30(16-20-11-12-21(37-3)13-22(20)38-4)24(29-27)28-23(34)19-9-7-6-8-10-19/h6-14H,5,15-17H2,1-4H3,(H,28,29,34)/t27-/m1/s1. The molecule has 1 spiro atoms. The maximum atomic E-state index is 13.4. The molecule has 0 saturated heterocycles. The van der Waals surface area contributed by atoms with Gasteiger partial charge in [0.1, 0.15) is 11.5 Å². The molecule has 0 aliphatic carbocycles. The number of amides is 1. The summed E-state index contributed by atoms with van der Waals surface area (Å²) in [4.78, 5) is 46.4. The Morgan fingerprint density at radius 3 is 2.53 bits per heavy atom. The molecule has 11 nitrogen and oxygen atoms in total. The second-order valence-corrected chi connectivity index (χ2v) is 9.34. The molecule has 2 aliphatic heterocycles. The minimum absolute atomic E-state index is 0.219. The molecule has 2 aromatic carbocycles. The molecule has 0 unspecified atom stereocenters. The van der Waals surface area contributed by atoms with E-state index in [9.17, 15) is 14.4 Å². The molecule has 198 valence electrons. The molecule has 2 aliphatic rings. The lowest BCUT2D eigenvalue weighted by atomic mass is 10.1. The third-order valence-corrected chi connectivity index (χ3v) is 6.80. The molecule has 0 saturated carbocycles. The smallest absolute Gasteiger partial charge is 0.349 e. The molecule has 1 aromatic heterocycles. The SMILES string of the molecule is CCn1c(=O)n2n(c1=O)[C@]1(C=C(C)C2)CN(Cc2ccc(OC)cc2OC)C(NC(=O)c2ccccc2)=N1. The van der Waals surface area contributed by atoms with E-state index in [2.05, 4.69) is 5.32 Å². The van der Waals surface area contributed by atoms with E-state index in [0.29, 0.717) is 23.6 Å². The first kappa shape index (κ1) is 25.1. The van der Waals surface area contributed by atoms with Gasteiger partial charge in [0, 0.05) is 30.3 Å². The average molecular weight is 519 g/mol. The number of rotatable bonds is 6. The number of benzene rings is 2. The number of aliphatic imine (C=N–C) groups is 1.